The van der Waals surface area contributed by atoms with Crippen LogP contribution in [0.3, 0.4) is 0 Å². The maximum Gasteiger partial charge on any atom is 0.263 e. The average molecular weight is 441 g/mol. The van der Waals surface area contributed by atoms with Gasteiger partial charge in [-0.3, -0.25) is 9.40 Å². The van der Waals surface area contributed by atoms with Gasteiger partial charge in [-0.1, -0.05) is 6.08 Å². The summed E-state index contributed by atoms with van der Waals surface area (Å²) in [4.78, 5) is 4.42. The predicted molar refractivity (Wildman–Crippen MR) is 114 cm³/mol. The van der Waals surface area contributed by atoms with Gasteiger partial charge >= 0.3 is 0 Å². The second kappa shape index (κ2) is 7.93. The molecule has 0 saturated heterocycles. The van der Waals surface area contributed by atoms with Crippen LogP contribution in [0, 0.1) is 0 Å². The highest BCUT2D eigenvalue weighted by atomic mass is 32.2. The number of allylic oxidation sites excluding steroid dienone is 1. The lowest BCUT2D eigenvalue weighted by Gasteiger charge is -2.18. The molecule has 3 aromatic heterocycles. The van der Waals surface area contributed by atoms with Crippen LogP contribution in [0.4, 0.5) is 0 Å². The molecule has 1 N–H and O–H groups in total. The first-order chi connectivity index (χ1) is 15.0. The fraction of sp³-hybridized carbons (Fsp3) is 0.381. The van der Waals surface area contributed by atoms with Gasteiger partial charge in [0.1, 0.15) is 4.90 Å². The highest BCUT2D eigenvalue weighted by Crippen LogP contribution is 2.39. The van der Waals surface area contributed by atoms with E-state index in [1.54, 1.807) is 34.8 Å². The molecule has 0 aliphatic heterocycles. The molecule has 5 rings (SSSR count). The maximum absolute atomic E-state index is 13.0. The average Bonchev–Trinajstić information content (AvgIpc) is 3.35. The van der Waals surface area contributed by atoms with Crippen molar-refractivity contribution < 1.29 is 13.2 Å². The number of methoxy groups -OCH3 is 1. The smallest absolute Gasteiger partial charge is 0.263 e. The van der Waals surface area contributed by atoms with Crippen LogP contribution in [0.25, 0.3) is 11.5 Å². The molecule has 0 radical (unpaired) electrons. The van der Waals surface area contributed by atoms with Crippen molar-refractivity contribution in [1.29, 1.82) is 0 Å². The fourth-order valence-electron chi connectivity index (χ4n) is 3.76. The zero-order valence-corrected chi connectivity index (χ0v) is 18.0. The van der Waals surface area contributed by atoms with Crippen molar-refractivity contribution in [3.05, 3.63) is 59.8 Å². The van der Waals surface area contributed by atoms with E-state index in [4.69, 9.17) is 4.74 Å². The topological polar surface area (TPSA) is 104 Å². The fourth-order valence-corrected chi connectivity index (χ4v) is 4.78. The van der Waals surface area contributed by atoms with Crippen LogP contribution >= 0.6 is 0 Å². The Kier molecular flexibility index (Phi) is 5.11. The second-order valence-electron chi connectivity index (χ2n) is 7.81. The molecule has 10 heteroatoms. The summed E-state index contributed by atoms with van der Waals surface area (Å²) in [5.74, 6) is 1.14. The van der Waals surface area contributed by atoms with Crippen molar-refractivity contribution in [2.45, 2.75) is 43.0 Å². The van der Waals surface area contributed by atoms with E-state index in [0.717, 1.165) is 29.8 Å². The molecule has 31 heavy (non-hydrogen) atoms. The van der Waals surface area contributed by atoms with Gasteiger partial charge in [-0.25, -0.2) is 18.1 Å². The number of rotatable bonds is 8. The van der Waals surface area contributed by atoms with Gasteiger partial charge in [0.2, 0.25) is 0 Å². The van der Waals surface area contributed by atoms with E-state index in [0.29, 0.717) is 30.6 Å². The molecule has 2 aliphatic carbocycles. The first kappa shape index (κ1) is 20.0. The maximum atomic E-state index is 13.0. The minimum absolute atomic E-state index is 0.0989. The highest BCUT2D eigenvalue weighted by molar-refractivity contribution is 7.89. The minimum Gasteiger partial charge on any atom is -0.383 e. The third-order valence-corrected chi connectivity index (χ3v) is 6.91. The number of fused-ring (bicyclic) bond motifs is 1. The van der Waals surface area contributed by atoms with Gasteiger partial charge in [0.15, 0.2) is 5.82 Å². The Hall–Kier alpha value is -2.98. The van der Waals surface area contributed by atoms with Gasteiger partial charge in [0.25, 0.3) is 10.0 Å². The van der Waals surface area contributed by atoms with Crippen molar-refractivity contribution in [1.82, 2.24) is 29.3 Å². The number of nitrogens with one attached hydrogen (secondary N) is 1. The van der Waals surface area contributed by atoms with Crippen LogP contribution in [0.1, 0.15) is 42.1 Å². The molecular weight excluding hydrogens is 416 g/mol. The molecule has 0 aromatic carbocycles. The van der Waals surface area contributed by atoms with E-state index in [9.17, 15) is 8.42 Å². The Bertz CT molecular complexity index is 1220. The summed E-state index contributed by atoms with van der Waals surface area (Å²) in [6, 6.07) is 5.21. The van der Waals surface area contributed by atoms with Gasteiger partial charge in [-0.05, 0) is 49.4 Å². The van der Waals surface area contributed by atoms with Crippen molar-refractivity contribution in [3.8, 4) is 5.82 Å². The molecule has 1 fully saturated rings. The number of ether oxygens (including phenoxy) is 1. The first-order valence-electron chi connectivity index (χ1n) is 10.3. The molecule has 3 heterocycles. The molecule has 1 saturated carbocycles. The lowest BCUT2D eigenvalue weighted by molar-refractivity contribution is 0.183. The number of sulfonamides is 1. The summed E-state index contributed by atoms with van der Waals surface area (Å²) < 4.78 is 37.4. The Morgan fingerprint density at radius 2 is 2.10 bits per heavy atom. The summed E-state index contributed by atoms with van der Waals surface area (Å²) >= 11 is 0. The van der Waals surface area contributed by atoms with E-state index in [-0.39, 0.29) is 4.90 Å². The Morgan fingerprint density at radius 3 is 2.84 bits per heavy atom. The van der Waals surface area contributed by atoms with Gasteiger partial charge in [0.05, 0.1) is 36.4 Å². The highest BCUT2D eigenvalue weighted by Gasteiger charge is 2.26. The van der Waals surface area contributed by atoms with Crippen molar-refractivity contribution in [2.24, 2.45) is 0 Å². The van der Waals surface area contributed by atoms with Crippen molar-refractivity contribution in [2.75, 3.05) is 13.7 Å². The third kappa shape index (κ3) is 4.00. The number of aryl methyl sites for hydroxylation is 1. The van der Waals surface area contributed by atoms with Crippen molar-refractivity contribution >= 4 is 15.7 Å². The van der Waals surface area contributed by atoms with Crippen LogP contribution < -0.4 is 4.72 Å². The Morgan fingerprint density at radius 1 is 1.23 bits per heavy atom. The molecule has 3 aromatic rings. The summed E-state index contributed by atoms with van der Waals surface area (Å²) in [5.41, 5.74) is 3.42. The first-order valence-corrected chi connectivity index (χ1v) is 11.8. The van der Waals surface area contributed by atoms with Gasteiger partial charge in [-0.2, -0.15) is 10.2 Å². The zero-order chi connectivity index (χ0) is 21.4. The second-order valence-corrected chi connectivity index (χ2v) is 9.49. The molecule has 0 unspecified atom stereocenters. The van der Waals surface area contributed by atoms with Crippen LogP contribution in [-0.4, -0.2) is 46.7 Å². The van der Waals surface area contributed by atoms with E-state index < -0.39 is 10.0 Å². The van der Waals surface area contributed by atoms with Gasteiger partial charge in [-0.15, -0.1) is 0 Å². The number of hydrogen-bond acceptors (Lipinski definition) is 6. The van der Waals surface area contributed by atoms with Gasteiger partial charge < -0.3 is 4.74 Å². The number of nitrogens with zero attached hydrogens (tertiary/aromatic N) is 5. The number of pyridine rings is 1. The Balaban J connectivity index is 1.36. The SMILES string of the molecule is COCCn1ncc2c1C(NS(=O)(=O)c1ccc(-n3ccc(C4CC4)n3)nc1)=CCC2. The molecule has 0 atom stereocenters. The standard InChI is InChI=1S/C21H24N6O3S/c1-30-12-11-27-21-16(13-23-27)3-2-4-19(21)25-31(28,29)17-7-8-20(22-14-17)26-10-9-18(24-26)15-5-6-15/h4,7-10,13-15,25H,2-3,5-6,11-12H2,1H3. The lowest BCUT2D eigenvalue weighted by Crippen LogP contribution is -2.26. The summed E-state index contributed by atoms with van der Waals surface area (Å²) in [6.45, 7) is 1.04. The van der Waals surface area contributed by atoms with Crippen LogP contribution in [0.2, 0.25) is 0 Å². The molecule has 2 aliphatic rings. The van der Waals surface area contributed by atoms with E-state index in [1.807, 2.05) is 18.3 Å². The molecule has 0 spiro atoms. The molecule has 0 bridgehead atoms. The van der Waals surface area contributed by atoms with E-state index >= 15 is 0 Å². The largest absolute Gasteiger partial charge is 0.383 e. The minimum atomic E-state index is -3.80. The van der Waals surface area contributed by atoms with Gasteiger partial charge in [0, 0.05) is 25.4 Å². The molecule has 0 amide bonds. The molecule has 162 valence electrons. The zero-order valence-electron chi connectivity index (χ0n) is 17.2. The molecular formula is C21H24N6O3S. The van der Waals surface area contributed by atoms with Crippen molar-refractivity contribution in [3.63, 3.8) is 0 Å². The summed E-state index contributed by atoms with van der Waals surface area (Å²) in [5, 5.41) is 8.93. The number of hydrogen-bond donors (Lipinski definition) is 1. The van der Waals surface area contributed by atoms with Crippen LogP contribution in [0.15, 0.2) is 47.8 Å². The quantitative estimate of drug-likeness (QED) is 0.576. The van der Waals surface area contributed by atoms with E-state index in [1.165, 1.54) is 19.0 Å². The predicted octanol–water partition coefficient (Wildman–Crippen LogP) is 2.25. The molecule has 9 nitrogen and oxygen atoms in total. The van der Waals surface area contributed by atoms with Crippen LogP contribution in [0.5, 0.6) is 0 Å². The monoisotopic (exact) mass is 440 g/mol. The Labute approximate surface area is 180 Å². The van der Waals surface area contributed by atoms with Crippen LogP contribution in [-0.2, 0) is 27.7 Å². The summed E-state index contributed by atoms with van der Waals surface area (Å²) in [7, 11) is -2.17. The van der Waals surface area contributed by atoms with E-state index in [2.05, 4.69) is 19.9 Å². The normalized spacial score (nSPS) is 16.1. The number of aromatic nitrogens is 5. The third-order valence-electron chi connectivity index (χ3n) is 5.56. The lowest BCUT2D eigenvalue weighted by atomic mass is 10.0. The summed E-state index contributed by atoms with van der Waals surface area (Å²) in [6.07, 6.45) is 10.8.